The molecule has 3 rings (SSSR count). The zero-order chi connectivity index (χ0) is 24.7. The molecule has 7 nitrogen and oxygen atoms in total. The van der Waals surface area contributed by atoms with E-state index in [4.69, 9.17) is 32.7 Å². The summed E-state index contributed by atoms with van der Waals surface area (Å²) >= 11 is 12.0. The number of hydrogen-bond acceptors (Lipinski definition) is 5. The fourth-order valence-corrected chi connectivity index (χ4v) is 4.25. The summed E-state index contributed by atoms with van der Waals surface area (Å²) in [6, 6.07) is 18.5. The number of anilines is 1. The van der Waals surface area contributed by atoms with Crippen LogP contribution in [-0.4, -0.2) is 40.8 Å². The maximum Gasteiger partial charge on any atom is 0.251 e. The molecule has 0 aliphatic rings. The quantitative estimate of drug-likeness (QED) is 0.387. The Balaban J connectivity index is 1.57. The summed E-state index contributed by atoms with van der Waals surface area (Å²) < 4.78 is 36.6. The average Bonchev–Trinajstić information content (AvgIpc) is 2.82. The lowest BCUT2D eigenvalue weighted by atomic mass is 10.1. The number of rotatable bonds is 10. The van der Waals surface area contributed by atoms with Crippen LogP contribution >= 0.6 is 23.2 Å². The first kappa shape index (κ1) is 25.7. The molecule has 0 bridgehead atoms. The molecule has 0 fully saturated rings. The minimum Gasteiger partial charge on any atom is -0.497 e. The van der Waals surface area contributed by atoms with Crippen molar-refractivity contribution < 1.29 is 22.7 Å². The van der Waals surface area contributed by atoms with E-state index in [-0.39, 0.29) is 17.5 Å². The molecular weight excluding hydrogens is 499 g/mol. The van der Waals surface area contributed by atoms with Gasteiger partial charge in [0.15, 0.2) is 0 Å². The topological polar surface area (TPSA) is 84.9 Å². The third-order valence-electron chi connectivity index (χ3n) is 4.85. The lowest BCUT2D eigenvalue weighted by Crippen LogP contribution is -2.29. The Bertz CT molecular complexity index is 1230. The van der Waals surface area contributed by atoms with Crippen molar-refractivity contribution in [2.75, 3.05) is 30.8 Å². The van der Waals surface area contributed by atoms with Crippen molar-refractivity contribution in [3.8, 4) is 11.5 Å². The van der Waals surface area contributed by atoms with Gasteiger partial charge in [-0.15, -0.1) is 0 Å². The predicted octanol–water partition coefficient (Wildman–Crippen LogP) is 4.78. The molecule has 0 saturated heterocycles. The molecule has 0 saturated carbocycles. The van der Waals surface area contributed by atoms with E-state index >= 15 is 0 Å². The number of ether oxygens (including phenoxy) is 2. The molecule has 10 heteroatoms. The summed E-state index contributed by atoms with van der Waals surface area (Å²) in [7, 11) is -1.99. The molecule has 180 valence electrons. The molecule has 0 atom stereocenters. The van der Waals surface area contributed by atoms with E-state index in [0.717, 1.165) is 12.0 Å². The predicted molar refractivity (Wildman–Crippen MR) is 135 cm³/mol. The average molecular weight is 523 g/mol. The highest BCUT2D eigenvalue weighted by Gasteiger charge is 2.19. The van der Waals surface area contributed by atoms with Crippen molar-refractivity contribution in [1.82, 2.24) is 5.32 Å². The van der Waals surface area contributed by atoms with E-state index < -0.39 is 10.0 Å². The van der Waals surface area contributed by atoms with Crippen molar-refractivity contribution in [3.05, 3.63) is 87.9 Å². The van der Waals surface area contributed by atoms with E-state index in [0.29, 0.717) is 40.7 Å². The highest BCUT2D eigenvalue weighted by molar-refractivity contribution is 7.92. The van der Waals surface area contributed by atoms with Gasteiger partial charge < -0.3 is 14.8 Å². The van der Waals surface area contributed by atoms with E-state index in [1.54, 1.807) is 67.8 Å². The monoisotopic (exact) mass is 522 g/mol. The molecule has 1 N–H and O–H groups in total. The van der Waals surface area contributed by atoms with E-state index in [2.05, 4.69) is 5.32 Å². The van der Waals surface area contributed by atoms with Crippen molar-refractivity contribution >= 4 is 44.8 Å². The van der Waals surface area contributed by atoms with Crippen LogP contribution in [0, 0.1) is 0 Å². The molecule has 0 aliphatic heterocycles. The number of hydrogen-bond donors (Lipinski definition) is 1. The van der Waals surface area contributed by atoms with Crippen LogP contribution < -0.4 is 19.1 Å². The molecule has 0 radical (unpaired) electrons. The third-order valence-corrected chi connectivity index (χ3v) is 6.73. The summed E-state index contributed by atoms with van der Waals surface area (Å²) in [6.07, 6.45) is 1.12. The van der Waals surface area contributed by atoms with Crippen LogP contribution in [0.4, 0.5) is 5.69 Å². The number of nitrogens with one attached hydrogen (secondary N) is 1. The van der Waals surface area contributed by atoms with E-state index in [9.17, 15) is 13.2 Å². The van der Waals surface area contributed by atoms with Crippen molar-refractivity contribution in [2.24, 2.45) is 0 Å². The number of amides is 1. The molecule has 0 unspecified atom stereocenters. The number of methoxy groups -OCH3 is 1. The van der Waals surface area contributed by atoms with Gasteiger partial charge in [0.25, 0.3) is 5.91 Å². The first-order chi connectivity index (χ1) is 16.2. The van der Waals surface area contributed by atoms with Crippen LogP contribution in [0.25, 0.3) is 0 Å². The van der Waals surface area contributed by atoms with E-state index in [1.165, 1.54) is 10.4 Å². The van der Waals surface area contributed by atoms with E-state index in [1.807, 2.05) is 0 Å². The van der Waals surface area contributed by atoms with Gasteiger partial charge in [0.05, 0.1) is 42.2 Å². The molecular formula is C24H24Cl2N2O5S. The van der Waals surface area contributed by atoms with Crippen molar-refractivity contribution in [3.63, 3.8) is 0 Å². The van der Waals surface area contributed by atoms with Gasteiger partial charge in [-0.3, -0.25) is 9.10 Å². The number of halogens is 2. The van der Waals surface area contributed by atoms with Crippen LogP contribution in [0.15, 0.2) is 66.7 Å². The SMILES string of the molecule is COc1ccc(OCCNC(=O)c2ccc(CN(c3ccc(Cl)c(Cl)c3)S(C)(=O)=O)cc2)cc1. The van der Waals surface area contributed by atoms with Gasteiger partial charge >= 0.3 is 0 Å². The standard InChI is InChI=1S/C24H24Cl2N2O5S/c1-32-20-8-10-21(11-9-20)33-14-13-27-24(29)18-5-3-17(4-6-18)16-28(34(2,30)31)19-7-12-22(25)23(26)15-19/h3-12,15H,13-14,16H2,1-2H3,(H,27,29). The Morgan fingerprint density at radius 3 is 2.18 bits per heavy atom. The molecule has 0 heterocycles. The largest absolute Gasteiger partial charge is 0.497 e. The van der Waals surface area contributed by atoms with Crippen LogP contribution in [0.2, 0.25) is 10.0 Å². The second-order valence-corrected chi connectivity index (χ2v) is 10.1. The van der Waals surface area contributed by atoms with Crippen molar-refractivity contribution in [2.45, 2.75) is 6.54 Å². The normalized spacial score (nSPS) is 11.1. The van der Waals surface area contributed by atoms with Gasteiger partial charge in [-0.05, 0) is 60.2 Å². The Kier molecular flexibility index (Phi) is 8.66. The highest BCUT2D eigenvalue weighted by atomic mass is 35.5. The van der Waals surface area contributed by atoms with Crippen LogP contribution in [-0.2, 0) is 16.6 Å². The lowest BCUT2D eigenvalue weighted by Gasteiger charge is -2.23. The Hall–Kier alpha value is -2.94. The first-order valence-electron chi connectivity index (χ1n) is 10.2. The minimum atomic E-state index is -3.58. The number of carbonyl (C=O) groups is 1. The zero-order valence-corrected chi connectivity index (χ0v) is 21.0. The fraction of sp³-hybridized carbons (Fsp3) is 0.208. The van der Waals surface area contributed by atoms with Crippen molar-refractivity contribution in [1.29, 1.82) is 0 Å². The van der Waals surface area contributed by atoms with Gasteiger partial charge in [0.2, 0.25) is 10.0 Å². The van der Waals surface area contributed by atoms with Gasteiger partial charge in [0.1, 0.15) is 18.1 Å². The van der Waals surface area contributed by atoms with Crippen LogP contribution in [0.5, 0.6) is 11.5 Å². The van der Waals surface area contributed by atoms with Gasteiger partial charge in [-0.2, -0.15) is 0 Å². The summed E-state index contributed by atoms with van der Waals surface area (Å²) in [5.74, 6) is 1.16. The first-order valence-corrected chi connectivity index (χ1v) is 12.8. The molecule has 1 amide bonds. The number of benzene rings is 3. The molecule has 0 aliphatic carbocycles. The van der Waals surface area contributed by atoms with Gasteiger partial charge in [0, 0.05) is 5.56 Å². The number of nitrogens with zero attached hydrogens (tertiary/aromatic N) is 1. The summed E-state index contributed by atoms with van der Waals surface area (Å²) in [6.45, 7) is 0.712. The zero-order valence-electron chi connectivity index (χ0n) is 18.6. The number of carbonyl (C=O) groups excluding carboxylic acids is 1. The van der Waals surface area contributed by atoms with Gasteiger partial charge in [-0.25, -0.2) is 8.42 Å². The Labute approximate surface area is 209 Å². The molecule has 0 spiro atoms. The second-order valence-electron chi connectivity index (χ2n) is 7.34. The maximum absolute atomic E-state index is 12.4. The highest BCUT2D eigenvalue weighted by Crippen LogP contribution is 2.29. The maximum atomic E-state index is 12.4. The molecule has 3 aromatic carbocycles. The van der Waals surface area contributed by atoms with Crippen LogP contribution in [0.3, 0.4) is 0 Å². The van der Waals surface area contributed by atoms with Crippen LogP contribution in [0.1, 0.15) is 15.9 Å². The minimum absolute atomic E-state index is 0.0778. The summed E-state index contributed by atoms with van der Waals surface area (Å²) in [4.78, 5) is 12.4. The lowest BCUT2D eigenvalue weighted by molar-refractivity contribution is 0.0947. The van der Waals surface area contributed by atoms with Gasteiger partial charge in [-0.1, -0.05) is 35.3 Å². The molecule has 3 aromatic rings. The molecule has 0 aromatic heterocycles. The smallest absolute Gasteiger partial charge is 0.251 e. The fourth-order valence-electron chi connectivity index (χ4n) is 3.08. The summed E-state index contributed by atoms with van der Waals surface area (Å²) in [5.41, 5.74) is 1.56. The summed E-state index contributed by atoms with van der Waals surface area (Å²) in [5, 5.41) is 3.39. The number of sulfonamides is 1. The third kappa shape index (κ3) is 7.03. The Morgan fingerprint density at radius 2 is 1.59 bits per heavy atom. The molecule has 34 heavy (non-hydrogen) atoms. The second kappa shape index (κ2) is 11.5. The Morgan fingerprint density at radius 1 is 0.941 bits per heavy atom.